The molecule has 388 valence electrons. The highest BCUT2D eigenvalue weighted by molar-refractivity contribution is 5.97. The number of fused-ring (bicyclic) bond motifs is 4. The molecule has 0 aromatic heterocycles. The predicted octanol–water partition coefficient (Wildman–Crippen LogP) is 3.01. The minimum Gasteiger partial charge on any atom is -0.444 e. The van der Waals surface area contributed by atoms with Gasteiger partial charge in [-0.1, -0.05) is 38.8 Å². The lowest BCUT2D eigenvalue weighted by Crippen LogP contribution is -2.50. The summed E-state index contributed by atoms with van der Waals surface area (Å²) in [6.07, 6.45) is 9.48. The van der Waals surface area contributed by atoms with Crippen LogP contribution in [0.15, 0.2) is 23.3 Å². The highest BCUT2D eigenvalue weighted by Gasteiger charge is 2.39. The average molecular weight is 964 g/mol. The van der Waals surface area contributed by atoms with E-state index in [1.807, 2.05) is 26.0 Å². The zero-order chi connectivity index (χ0) is 49.6. The molecule has 0 spiro atoms. The normalized spacial score (nSPS) is 23.2. The van der Waals surface area contributed by atoms with Crippen LogP contribution in [0.5, 0.6) is 0 Å². The standard InChI is InChI=1S/C49H85N7O12/c1-7-9-28-66-42-38-16-13-17-39(42)45(59)51-22-25-56(36-57)26-23-52-46(60)40-18-14-19-41(43(40)67-29-10-8-2)47(61)54-37(15-11-12-20-53-48(62)68-49(3,4)5)35-55(24-21-50-44(38)58)27-30-64-33-34-65-32-31-63-6/h16,19,36-37,39-40,42-43H,7-15,17-18,20-35H2,1-6H3,(H,50,58)(H,51,59)(H,52,60)(H,53,62)(H,54,61)/t37?,39-,40+,42?,43?/m1/s1. The molecule has 3 aliphatic rings. The number of nitrogens with one attached hydrogen (secondary N) is 5. The third kappa shape index (κ3) is 22.5. The fraction of sp³-hybridized carbons (Fsp3) is 0.796. The van der Waals surface area contributed by atoms with Gasteiger partial charge in [0.2, 0.25) is 30.0 Å². The van der Waals surface area contributed by atoms with Gasteiger partial charge in [0.25, 0.3) is 0 Å². The summed E-state index contributed by atoms with van der Waals surface area (Å²) < 4.78 is 34.7. The number of alkyl carbamates (subject to hydrolysis) is 1. The molecule has 3 rings (SSSR count). The van der Waals surface area contributed by atoms with Gasteiger partial charge in [0.1, 0.15) is 5.60 Å². The lowest BCUT2D eigenvalue weighted by molar-refractivity contribution is -0.132. The number of carbonyl (C=O) groups excluding carboxylic acids is 6. The number of nitrogens with zero attached hydrogens (tertiary/aromatic N) is 2. The van der Waals surface area contributed by atoms with Gasteiger partial charge >= 0.3 is 6.09 Å². The molecule has 0 radical (unpaired) electrons. The maximum Gasteiger partial charge on any atom is 0.407 e. The Morgan fingerprint density at radius 1 is 0.735 bits per heavy atom. The van der Waals surface area contributed by atoms with Crippen LogP contribution in [0.3, 0.4) is 0 Å². The molecule has 19 nitrogen and oxygen atoms in total. The Hall–Kier alpha value is -4.14. The smallest absolute Gasteiger partial charge is 0.407 e. The summed E-state index contributed by atoms with van der Waals surface area (Å²) in [5, 5.41) is 15.1. The number of hydrogen-bond donors (Lipinski definition) is 5. The van der Waals surface area contributed by atoms with E-state index in [1.54, 1.807) is 27.9 Å². The molecule has 1 heterocycles. The van der Waals surface area contributed by atoms with E-state index in [0.717, 1.165) is 25.7 Å². The van der Waals surface area contributed by atoms with E-state index < -0.39 is 35.7 Å². The van der Waals surface area contributed by atoms with E-state index in [1.165, 1.54) is 4.90 Å². The molecule has 0 saturated carbocycles. The summed E-state index contributed by atoms with van der Waals surface area (Å²) in [6, 6.07) is -0.389. The number of methoxy groups -OCH3 is 1. The first kappa shape index (κ1) is 58.2. The summed E-state index contributed by atoms with van der Waals surface area (Å²) in [4.78, 5) is 84.3. The van der Waals surface area contributed by atoms with Gasteiger partial charge in [-0.25, -0.2) is 4.79 Å². The van der Waals surface area contributed by atoms with Crippen molar-refractivity contribution in [3.63, 3.8) is 0 Å². The van der Waals surface area contributed by atoms with Crippen molar-refractivity contribution in [1.29, 1.82) is 0 Å². The molecular formula is C49H85N7O12. The molecular weight excluding hydrogens is 879 g/mol. The van der Waals surface area contributed by atoms with Crippen LogP contribution in [0.2, 0.25) is 0 Å². The number of amides is 6. The van der Waals surface area contributed by atoms with E-state index in [-0.39, 0.29) is 62.4 Å². The number of allylic oxidation sites excluding steroid dienone is 2. The van der Waals surface area contributed by atoms with Crippen molar-refractivity contribution in [3.05, 3.63) is 23.3 Å². The number of ether oxygens (including phenoxy) is 6. The average Bonchev–Trinajstić information content (AvgIpc) is 3.30. The summed E-state index contributed by atoms with van der Waals surface area (Å²) in [7, 11) is 1.62. The second kappa shape index (κ2) is 33.4. The first-order chi connectivity index (χ1) is 32.8. The van der Waals surface area contributed by atoms with Crippen molar-refractivity contribution in [2.75, 3.05) is 112 Å². The molecule has 1 aliphatic heterocycles. The molecule has 0 aromatic rings. The van der Waals surface area contributed by atoms with Gasteiger partial charge in [0, 0.05) is 96.4 Å². The van der Waals surface area contributed by atoms with Gasteiger partial charge in [-0.2, -0.15) is 0 Å². The topological polar surface area (TPSA) is 224 Å². The van der Waals surface area contributed by atoms with Crippen LogP contribution < -0.4 is 26.6 Å². The number of rotatable bonds is 23. The molecule has 0 aromatic carbocycles. The van der Waals surface area contributed by atoms with Crippen molar-refractivity contribution in [1.82, 2.24) is 36.4 Å². The van der Waals surface area contributed by atoms with Crippen molar-refractivity contribution < 1.29 is 57.2 Å². The fourth-order valence-corrected chi connectivity index (χ4v) is 8.22. The zero-order valence-corrected chi connectivity index (χ0v) is 42.0. The van der Waals surface area contributed by atoms with Gasteiger partial charge in [0.15, 0.2) is 0 Å². The van der Waals surface area contributed by atoms with Crippen LogP contribution in [0, 0.1) is 11.8 Å². The van der Waals surface area contributed by atoms with Gasteiger partial charge < -0.3 is 59.9 Å². The summed E-state index contributed by atoms with van der Waals surface area (Å²) in [6.45, 7) is 15.0. The Morgan fingerprint density at radius 2 is 1.29 bits per heavy atom. The van der Waals surface area contributed by atoms with Crippen LogP contribution >= 0.6 is 0 Å². The van der Waals surface area contributed by atoms with Crippen molar-refractivity contribution in [2.45, 2.75) is 129 Å². The summed E-state index contributed by atoms with van der Waals surface area (Å²) in [5.41, 5.74) is 0.181. The third-order valence-electron chi connectivity index (χ3n) is 11.9. The molecule has 4 bridgehead atoms. The van der Waals surface area contributed by atoms with Crippen molar-refractivity contribution >= 4 is 36.1 Å². The Bertz CT molecular complexity index is 1590. The second-order valence-electron chi connectivity index (χ2n) is 18.6. The first-order valence-electron chi connectivity index (χ1n) is 25.1. The van der Waals surface area contributed by atoms with Gasteiger partial charge in [-0.3, -0.25) is 28.9 Å². The quantitative estimate of drug-likeness (QED) is 0.0735. The Balaban J connectivity index is 1.94. The maximum absolute atomic E-state index is 14.5. The number of hydrogen-bond acceptors (Lipinski definition) is 13. The lowest BCUT2D eigenvalue weighted by Gasteiger charge is -2.34. The zero-order valence-electron chi connectivity index (χ0n) is 42.0. The monoisotopic (exact) mass is 964 g/mol. The Labute approximate surface area is 405 Å². The van der Waals surface area contributed by atoms with Crippen LogP contribution in [0.4, 0.5) is 4.79 Å². The van der Waals surface area contributed by atoms with E-state index in [2.05, 4.69) is 31.5 Å². The van der Waals surface area contributed by atoms with E-state index in [9.17, 15) is 28.8 Å². The predicted molar refractivity (Wildman–Crippen MR) is 258 cm³/mol. The largest absolute Gasteiger partial charge is 0.444 e. The van der Waals surface area contributed by atoms with Gasteiger partial charge in [-0.05, 0) is 78.6 Å². The molecule has 19 heteroatoms. The molecule has 2 aliphatic carbocycles. The second-order valence-corrected chi connectivity index (χ2v) is 18.6. The molecule has 6 amide bonds. The molecule has 5 atom stereocenters. The summed E-state index contributed by atoms with van der Waals surface area (Å²) in [5.74, 6) is -2.40. The minimum absolute atomic E-state index is 0.166. The Kier molecular flexibility index (Phi) is 28.6. The van der Waals surface area contributed by atoms with Crippen molar-refractivity contribution in [3.8, 4) is 0 Å². The number of unbranched alkanes of at least 4 members (excludes halogenated alkanes) is 3. The third-order valence-corrected chi connectivity index (χ3v) is 11.9. The maximum atomic E-state index is 14.5. The van der Waals surface area contributed by atoms with Gasteiger partial charge in [0.05, 0.1) is 57.1 Å². The molecule has 5 N–H and O–H groups in total. The minimum atomic E-state index is -0.786. The fourth-order valence-electron chi connectivity index (χ4n) is 8.22. The molecule has 1 saturated heterocycles. The van der Waals surface area contributed by atoms with Crippen LogP contribution in [-0.4, -0.2) is 182 Å². The molecule has 68 heavy (non-hydrogen) atoms. The highest BCUT2D eigenvalue weighted by Crippen LogP contribution is 2.30. The SMILES string of the molecule is CCCCOC1C2=CCC[C@@H]1C(=O)NCCN(C=O)CCNC(=O)[C@@H]1CCC=C(C(=O)NCCN(CCOCCOCCOC)CC(CCCCNC(=O)OC(C)(C)C)NC2=O)C1OCCCC. The highest BCUT2D eigenvalue weighted by atomic mass is 16.6. The van der Waals surface area contributed by atoms with Crippen molar-refractivity contribution in [2.24, 2.45) is 11.8 Å². The van der Waals surface area contributed by atoms with Crippen LogP contribution in [0.1, 0.15) is 105 Å². The van der Waals surface area contributed by atoms with Gasteiger partial charge in [-0.15, -0.1) is 0 Å². The van der Waals surface area contributed by atoms with E-state index >= 15 is 0 Å². The number of carbonyl (C=O) groups is 6. The Morgan fingerprint density at radius 3 is 1.85 bits per heavy atom. The first-order valence-corrected chi connectivity index (χ1v) is 25.1. The van der Waals surface area contributed by atoms with Crippen LogP contribution in [-0.2, 0) is 52.4 Å². The van der Waals surface area contributed by atoms with E-state index in [0.29, 0.717) is 135 Å². The lowest BCUT2D eigenvalue weighted by atomic mass is 9.84. The summed E-state index contributed by atoms with van der Waals surface area (Å²) >= 11 is 0. The van der Waals surface area contributed by atoms with E-state index in [4.69, 9.17) is 28.4 Å². The van der Waals surface area contributed by atoms with Crippen LogP contribution in [0.25, 0.3) is 0 Å². The molecule has 3 unspecified atom stereocenters. The molecule has 1 fully saturated rings.